The molecule has 1 rings (SSSR count). The molecule has 0 bridgehead atoms. The lowest BCUT2D eigenvalue weighted by Crippen LogP contribution is -2.04. The highest BCUT2D eigenvalue weighted by Crippen LogP contribution is 2.09. The average Bonchev–Trinajstić information content (AvgIpc) is 2.62. The molecular formula is C8H16O2. The first-order valence-corrected chi connectivity index (χ1v) is 3.98. The zero-order valence-electron chi connectivity index (χ0n) is 6.80. The van der Waals surface area contributed by atoms with Gasteiger partial charge in [0.2, 0.25) is 0 Å². The molecule has 0 saturated carbocycles. The van der Waals surface area contributed by atoms with Crippen LogP contribution >= 0.6 is 0 Å². The highest BCUT2D eigenvalue weighted by atomic mass is 16.6. The Morgan fingerprint density at radius 1 is 1.60 bits per heavy atom. The van der Waals surface area contributed by atoms with E-state index in [1.165, 1.54) is 0 Å². The molecule has 1 fully saturated rings. The van der Waals surface area contributed by atoms with Crippen molar-refractivity contribution in [2.45, 2.75) is 26.4 Å². The summed E-state index contributed by atoms with van der Waals surface area (Å²) < 4.78 is 10.3. The molecule has 0 spiro atoms. The molecule has 10 heavy (non-hydrogen) atoms. The third-order valence-corrected chi connectivity index (χ3v) is 1.55. The Morgan fingerprint density at radius 3 is 2.80 bits per heavy atom. The van der Waals surface area contributed by atoms with Crippen molar-refractivity contribution in [3.8, 4) is 0 Å². The molecule has 0 N–H and O–H groups in total. The van der Waals surface area contributed by atoms with Crippen molar-refractivity contribution in [3.05, 3.63) is 0 Å². The molecule has 1 saturated heterocycles. The van der Waals surface area contributed by atoms with Crippen LogP contribution in [0.2, 0.25) is 0 Å². The number of hydrogen-bond donors (Lipinski definition) is 0. The highest BCUT2D eigenvalue weighted by molar-refractivity contribution is 4.67. The molecular weight excluding hydrogens is 128 g/mol. The average molecular weight is 144 g/mol. The number of ether oxygens (including phenoxy) is 2. The molecule has 0 unspecified atom stereocenters. The van der Waals surface area contributed by atoms with Crippen molar-refractivity contribution in [2.75, 3.05) is 19.8 Å². The van der Waals surface area contributed by atoms with Gasteiger partial charge in [-0.3, -0.25) is 0 Å². The quantitative estimate of drug-likeness (QED) is 0.430. The summed E-state index contributed by atoms with van der Waals surface area (Å²) in [7, 11) is 0. The molecule has 2 nitrogen and oxygen atoms in total. The molecule has 0 amide bonds. The summed E-state index contributed by atoms with van der Waals surface area (Å²) in [5.41, 5.74) is 0. The molecule has 0 aromatic carbocycles. The monoisotopic (exact) mass is 144 g/mol. The number of epoxide rings is 1. The van der Waals surface area contributed by atoms with Gasteiger partial charge in [0.25, 0.3) is 0 Å². The minimum absolute atomic E-state index is 0.423. The Hall–Kier alpha value is -0.0800. The fraction of sp³-hybridized carbons (Fsp3) is 1.00. The van der Waals surface area contributed by atoms with E-state index in [9.17, 15) is 0 Å². The third-order valence-electron chi connectivity index (χ3n) is 1.55. The second kappa shape index (κ2) is 3.94. The summed E-state index contributed by atoms with van der Waals surface area (Å²) in [6, 6.07) is 0. The van der Waals surface area contributed by atoms with Crippen LogP contribution in [0.3, 0.4) is 0 Å². The van der Waals surface area contributed by atoms with Gasteiger partial charge in [-0.15, -0.1) is 0 Å². The lowest BCUT2D eigenvalue weighted by molar-refractivity contribution is 0.107. The van der Waals surface area contributed by atoms with E-state index in [4.69, 9.17) is 9.47 Å². The number of hydrogen-bond acceptors (Lipinski definition) is 2. The van der Waals surface area contributed by atoms with E-state index in [-0.39, 0.29) is 0 Å². The van der Waals surface area contributed by atoms with E-state index >= 15 is 0 Å². The van der Waals surface area contributed by atoms with Crippen LogP contribution in [0.25, 0.3) is 0 Å². The van der Waals surface area contributed by atoms with Gasteiger partial charge < -0.3 is 9.47 Å². The first kappa shape index (κ1) is 8.02. The predicted octanol–water partition coefficient (Wildman–Crippen LogP) is 1.45. The summed E-state index contributed by atoms with van der Waals surface area (Å²) in [5.74, 6) is 0.750. The summed E-state index contributed by atoms with van der Waals surface area (Å²) >= 11 is 0. The first-order chi connectivity index (χ1) is 4.79. The molecule has 1 aliphatic heterocycles. The second-order valence-corrected chi connectivity index (χ2v) is 3.21. The maximum atomic E-state index is 5.34. The Kier molecular flexibility index (Phi) is 3.16. The van der Waals surface area contributed by atoms with Crippen LogP contribution in [-0.2, 0) is 9.47 Å². The zero-order valence-corrected chi connectivity index (χ0v) is 6.80. The second-order valence-electron chi connectivity index (χ2n) is 3.21. The zero-order chi connectivity index (χ0) is 7.40. The first-order valence-electron chi connectivity index (χ1n) is 3.98. The van der Waals surface area contributed by atoms with Crippen LogP contribution in [0.4, 0.5) is 0 Å². The van der Waals surface area contributed by atoms with Crippen molar-refractivity contribution in [2.24, 2.45) is 5.92 Å². The molecule has 1 atom stereocenters. The topological polar surface area (TPSA) is 21.8 Å². The van der Waals surface area contributed by atoms with Gasteiger partial charge in [-0.25, -0.2) is 0 Å². The maximum Gasteiger partial charge on any atom is 0.104 e. The lowest BCUT2D eigenvalue weighted by atomic mass is 10.1. The third kappa shape index (κ3) is 3.85. The Morgan fingerprint density at radius 2 is 2.30 bits per heavy atom. The van der Waals surface area contributed by atoms with E-state index in [0.29, 0.717) is 6.10 Å². The fourth-order valence-electron chi connectivity index (χ4n) is 0.698. The minimum Gasteiger partial charge on any atom is -0.379 e. The molecule has 1 heterocycles. The SMILES string of the molecule is CC(C)CCOC[C@@H]1CO1. The van der Waals surface area contributed by atoms with E-state index in [0.717, 1.165) is 32.2 Å². The van der Waals surface area contributed by atoms with Crippen molar-refractivity contribution >= 4 is 0 Å². The molecule has 2 heteroatoms. The van der Waals surface area contributed by atoms with Crippen molar-refractivity contribution in [3.63, 3.8) is 0 Å². The standard InChI is InChI=1S/C8H16O2/c1-7(2)3-4-9-5-8-6-10-8/h7-8H,3-6H2,1-2H3/t8-/m1/s1. The maximum absolute atomic E-state index is 5.34. The summed E-state index contributed by atoms with van der Waals surface area (Å²) in [5, 5.41) is 0. The van der Waals surface area contributed by atoms with Crippen LogP contribution in [0.15, 0.2) is 0 Å². The van der Waals surface area contributed by atoms with Crippen molar-refractivity contribution in [1.29, 1.82) is 0 Å². The van der Waals surface area contributed by atoms with Crippen LogP contribution in [0.1, 0.15) is 20.3 Å². The van der Waals surface area contributed by atoms with Crippen LogP contribution < -0.4 is 0 Å². The molecule has 0 aromatic heterocycles. The van der Waals surface area contributed by atoms with Crippen molar-refractivity contribution < 1.29 is 9.47 Å². The van der Waals surface area contributed by atoms with Crippen LogP contribution in [0.5, 0.6) is 0 Å². The Labute approximate surface area is 62.5 Å². The fourth-order valence-corrected chi connectivity index (χ4v) is 0.698. The summed E-state index contributed by atoms with van der Waals surface area (Å²) in [6.45, 7) is 7.00. The molecule has 0 aliphatic carbocycles. The van der Waals surface area contributed by atoms with Gasteiger partial charge in [0.1, 0.15) is 6.10 Å². The molecule has 60 valence electrons. The van der Waals surface area contributed by atoms with E-state index in [2.05, 4.69) is 13.8 Å². The van der Waals surface area contributed by atoms with Gasteiger partial charge in [-0.05, 0) is 12.3 Å². The van der Waals surface area contributed by atoms with E-state index < -0.39 is 0 Å². The smallest absolute Gasteiger partial charge is 0.104 e. The predicted molar refractivity (Wildman–Crippen MR) is 40.0 cm³/mol. The normalized spacial score (nSPS) is 23.7. The van der Waals surface area contributed by atoms with Gasteiger partial charge in [0.15, 0.2) is 0 Å². The largest absolute Gasteiger partial charge is 0.379 e. The Balaban J connectivity index is 1.76. The Bertz CT molecular complexity index is 83.3. The summed E-state index contributed by atoms with van der Waals surface area (Å²) in [6.07, 6.45) is 1.58. The van der Waals surface area contributed by atoms with Crippen LogP contribution in [-0.4, -0.2) is 25.9 Å². The van der Waals surface area contributed by atoms with Crippen molar-refractivity contribution in [1.82, 2.24) is 0 Å². The molecule has 0 radical (unpaired) electrons. The highest BCUT2D eigenvalue weighted by Gasteiger charge is 2.21. The van der Waals surface area contributed by atoms with Gasteiger partial charge in [0, 0.05) is 6.61 Å². The summed E-state index contributed by atoms with van der Waals surface area (Å²) in [4.78, 5) is 0. The van der Waals surface area contributed by atoms with Crippen LogP contribution in [0, 0.1) is 5.92 Å². The van der Waals surface area contributed by atoms with E-state index in [1.807, 2.05) is 0 Å². The van der Waals surface area contributed by atoms with E-state index in [1.54, 1.807) is 0 Å². The van der Waals surface area contributed by atoms with Gasteiger partial charge in [0.05, 0.1) is 13.2 Å². The molecule has 0 aromatic rings. The van der Waals surface area contributed by atoms with Gasteiger partial charge in [-0.1, -0.05) is 13.8 Å². The number of rotatable bonds is 5. The van der Waals surface area contributed by atoms with Gasteiger partial charge in [-0.2, -0.15) is 0 Å². The minimum atomic E-state index is 0.423. The van der Waals surface area contributed by atoms with Gasteiger partial charge >= 0.3 is 0 Å². The molecule has 1 aliphatic rings. The lowest BCUT2D eigenvalue weighted by Gasteiger charge is -2.03.